The van der Waals surface area contributed by atoms with Crippen LogP contribution in [0.4, 0.5) is 0 Å². The first-order chi connectivity index (χ1) is 6.22. The molecule has 13 heavy (non-hydrogen) atoms. The molecule has 0 N–H and O–H groups in total. The number of halogens is 2. The molecule has 0 saturated heterocycles. The van der Waals surface area contributed by atoms with E-state index in [1.807, 2.05) is 19.1 Å². The van der Waals surface area contributed by atoms with Crippen molar-refractivity contribution in [3.05, 3.63) is 26.7 Å². The molecule has 0 bridgehead atoms. The second kappa shape index (κ2) is 3.42. The number of nitrogens with zero attached hydrogens (tertiary/aromatic N) is 3. The highest BCUT2D eigenvalue weighted by molar-refractivity contribution is 14.1. The van der Waals surface area contributed by atoms with E-state index in [4.69, 9.17) is 11.6 Å². The number of hydrogen-bond donors (Lipinski definition) is 0. The van der Waals surface area contributed by atoms with E-state index in [0.717, 1.165) is 21.5 Å². The molecule has 3 nitrogen and oxygen atoms in total. The van der Waals surface area contributed by atoms with Crippen molar-refractivity contribution in [2.75, 3.05) is 0 Å². The summed E-state index contributed by atoms with van der Waals surface area (Å²) in [6.07, 6.45) is 0.828. The molecule has 0 radical (unpaired) electrons. The second-order valence-corrected chi connectivity index (χ2v) is 4.14. The lowest BCUT2D eigenvalue weighted by atomic mass is 10.5. The maximum absolute atomic E-state index is 6.05. The highest BCUT2D eigenvalue weighted by Gasteiger charge is 2.06. The first-order valence-electron chi connectivity index (χ1n) is 3.92. The number of hydrogen-bond acceptors (Lipinski definition) is 2. The van der Waals surface area contributed by atoms with E-state index >= 15 is 0 Å². The molecule has 2 aromatic heterocycles. The van der Waals surface area contributed by atoms with E-state index < -0.39 is 0 Å². The molecular formula is C8H7ClIN3. The molecule has 0 aromatic carbocycles. The van der Waals surface area contributed by atoms with Crippen LogP contribution in [0.3, 0.4) is 0 Å². The first kappa shape index (κ1) is 9.21. The molecule has 0 saturated carbocycles. The Hall–Kier alpha value is -0.360. The van der Waals surface area contributed by atoms with Crippen molar-refractivity contribution in [2.24, 2.45) is 0 Å². The van der Waals surface area contributed by atoms with Crippen molar-refractivity contribution in [3.63, 3.8) is 0 Å². The molecule has 0 spiro atoms. The summed E-state index contributed by atoms with van der Waals surface area (Å²) in [5.41, 5.74) is 0.808. The highest BCUT2D eigenvalue weighted by Crippen LogP contribution is 2.18. The molecular weight excluding hydrogens is 300 g/mol. The van der Waals surface area contributed by atoms with Crippen LogP contribution in [0, 0.1) is 3.57 Å². The van der Waals surface area contributed by atoms with Gasteiger partial charge in [0.15, 0.2) is 11.5 Å². The van der Waals surface area contributed by atoms with Gasteiger partial charge in [-0.1, -0.05) is 18.5 Å². The summed E-state index contributed by atoms with van der Waals surface area (Å²) in [4.78, 5) is 4.30. The fraction of sp³-hybridized carbons (Fsp3) is 0.250. The van der Waals surface area contributed by atoms with E-state index in [-0.39, 0.29) is 0 Å². The maximum atomic E-state index is 6.05. The Balaban J connectivity index is 2.76. The van der Waals surface area contributed by atoms with Crippen LogP contribution in [0.1, 0.15) is 12.7 Å². The monoisotopic (exact) mass is 307 g/mol. The minimum absolute atomic E-state index is 0.630. The largest absolute Gasteiger partial charge is 0.212 e. The van der Waals surface area contributed by atoms with Crippen molar-refractivity contribution < 1.29 is 0 Å². The van der Waals surface area contributed by atoms with E-state index in [9.17, 15) is 0 Å². The van der Waals surface area contributed by atoms with Crippen LogP contribution in [0.25, 0.3) is 5.65 Å². The SMILES string of the molecule is CCc1nc2ccc(I)c(Cl)n2n1. The predicted molar refractivity (Wildman–Crippen MR) is 60.1 cm³/mol. The van der Waals surface area contributed by atoms with Crippen LogP contribution in [0.5, 0.6) is 0 Å². The second-order valence-electron chi connectivity index (χ2n) is 2.62. The zero-order valence-electron chi connectivity index (χ0n) is 6.96. The molecule has 0 aliphatic rings. The average Bonchev–Trinajstić information content (AvgIpc) is 2.55. The molecule has 2 heterocycles. The lowest BCUT2D eigenvalue weighted by molar-refractivity contribution is 0.884. The Bertz CT molecular complexity index is 452. The van der Waals surface area contributed by atoms with Gasteiger partial charge in [-0.15, -0.1) is 5.10 Å². The van der Waals surface area contributed by atoms with Gasteiger partial charge in [0.1, 0.15) is 5.15 Å². The summed E-state index contributed by atoms with van der Waals surface area (Å²) in [5, 5.41) is 4.89. The van der Waals surface area contributed by atoms with Gasteiger partial charge in [0.05, 0.1) is 3.57 Å². The minimum Gasteiger partial charge on any atom is -0.212 e. The summed E-state index contributed by atoms with van der Waals surface area (Å²) >= 11 is 8.22. The van der Waals surface area contributed by atoms with Crippen molar-refractivity contribution in [3.8, 4) is 0 Å². The highest BCUT2D eigenvalue weighted by atomic mass is 127. The zero-order valence-corrected chi connectivity index (χ0v) is 9.87. The van der Waals surface area contributed by atoms with Crippen LogP contribution in [-0.2, 0) is 6.42 Å². The number of fused-ring (bicyclic) bond motifs is 1. The Morgan fingerprint density at radius 3 is 3.00 bits per heavy atom. The van der Waals surface area contributed by atoms with E-state index in [0.29, 0.717) is 5.15 Å². The molecule has 0 amide bonds. The molecule has 0 aliphatic carbocycles. The fourth-order valence-electron chi connectivity index (χ4n) is 1.09. The molecule has 5 heteroatoms. The van der Waals surface area contributed by atoms with Crippen LogP contribution < -0.4 is 0 Å². The Labute approximate surface area is 94.3 Å². The third-order valence-electron chi connectivity index (χ3n) is 1.75. The zero-order chi connectivity index (χ0) is 9.42. The topological polar surface area (TPSA) is 30.2 Å². The van der Waals surface area contributed by atoms with E-state index in [1.54, 1.807) is 4.52 Å². The number of pyridine rings is 1. The van der Waals surface area contributed by atoms with Gasteiger partial charge in [0.25, 0.3) is 0 Å². The number of aryl methyl sites for hydroxylation is 1. The summed E-state index contributed by atoms with van der Waals surface area (Å²) in [6.45, 7) is 2.02. The maximum Gasteiger partial charge on any atom is 0.157 e. The average molecular weight is 308 g/mol. The van der Waals surface area contributed by atoms with Gasteiger partial charge in [0, 0.05) is 6.42 Å². The molecule has 0 aliphatic heterocycles. The van der Waals surface area contributed by atoms with Crippen molar-refractivity contribution >= 4 is 39.8 Å². The Morgan fingerprint density at radius 1 is 1.54 bits per heavy atom. The van der Waals surface area contributed by atoms with Crippen molar-refractivity contribution in [1.29, 1.82) is 0 Å². The third kappa shape index (κ3) is 1.52. The lowest BCUT2D eigenvalue weighted by Crippen LogP contribution is -1.92. The molecule has 0 fully saturated rings. The smallest absolute Gasteiger partial charge is 0.157 e. The lowest BCUT2D eigenvalue weighted by Gasteiger charge is -1.96. The van der Waals surface area contributed by atoms with Gasteiger partial charge in [-0.25, -0.2) is 9.50 Å². The van der Waals surface area contributed by atoms with Crippen molar-refractivity contribution in [2.45, 2.75) is 13.3 Å². The first-order valence-corrected chi connectivity index (χ1v) is 5.37. The fourth-order valence-corrected chi connectivity index (χ4v) is 1.68. The molecule has 0 unspecified atom stereocenters. The van der Waals surface area contributed by atoms with Gasteiger partial charge in [0.2, 0.25) is 0 Å². The summed E-state index contributed by atoms with van der Waals surface area (Å²) in [6, 6.07) is 3.85. The van der Waals surface area contributed by atoms with E-state index in [1.165, 1.54) is 0 Å². The molecule has 68 valence electrons. The molecule has 2 rings (SSSR count). The van der Waals surface area contributed by atoms with Gasteiger partial charge < -0.3 is 0 Å². The van der Waals surface area contributed by atoms with Crippen LogP contribution >= 0.6 is 34.2 Å². The molecule has 0 atom stereocenters. The van der Waals surface area contributed by atoms with Gasteiger partial charge in [-0.3, -0.25) is 0 Å². The van der Waals surface area contributed by atoms with Gasteiger partial charge in [-0.2, -0.15) is 0 Å². The summed E-state index contributed by atoms with van der Waals surface area (Å²) < 4.78 is 2.65. The quantitative estimate of drug-likeness (QED) is 0.599. The van der Waals surface area contributed by atoms with Crippen LogP contribution in [0.2, 0.25) is 5.15 Å². The predicted octanol–water partition coefficient (Wildman–Crippen LogP) is 2.55. The van der Waals surface area contributed by atoms with Crippen LogP contribution in [0.15, 0.2) is 12.1 Å². The van der Waals surface area contributed by atoms with E-state index in [2.05, 4.69) is 32.7 Å². The third-order valence-corrected chi connectivity index (χ3v) is 3.31. The standard InChI is InChI=1S/C8H7ClIN3/c1-2-6-11-7-4-3-5(10)8(9)13(7)12-6/h3-4H,2H2,1H3. The van der Waals surface area contributed by atoms with Gasteiger partial charge in [-0.05, 0) is 34.7 Å². The summed E-state index contributed by atoms with van der Waals surface area (Å²) in [7, 11) is 0. The summed E-state index contributed by atoms with van der Waals surface area (Å²) in [5.74, 6) is 0.823. The Morgan fingerprint density at radius 2 is 2.31 bits per heavy atom. The number of rotatable bonds is 1. The van der Waals surface area contributed by atoms with Crippen molar-refractivity contribution in [1.82, 2.24) is 14.6 Å². The van der Waals surface area contributed by atoms with Gasteiger partial charge >= 0.3 is 0 Å². The van der Waals surface area contributed by atoms with Crippen LogP contribution in [-0.4, -0.2) is 14.6 Å². The Kier molecular flexibility index (Phi) is 2.42. The number of aromatic nitrogens is 3. The molecule has 2 aromatic rings. The minimum atomic E-state index is 0.630. The normalized spacial score (nSPS) is 11.0.